The van der Waals surface area contributed by atoms with Crippen LogP contribution in [0.25, 0.3) is 11.0 Å². The molecule has 0 aromatic carbocycles. The lowest BCUT2D eigenvalue weighted by Crippen LogP contribution is -2.71. The number of fused-ring (bicyclic) bond motifs is 2. The number of thiazole rings is 1. The van der Waals surface area contributed by atoms with Crippen molar-refractivity contribution >= 4 is 62.7 Å². The largest absolute Gasteiger partial charge is 0.477 e. The summed E-state index contributed by atoms with van der Waals surface area (Å²) < 4.78 is 7.62. The summed E-state index contributed by atoms with van der Waals surface area (Å²) in [7, 11) is 1.28. The van der Waals surface area contributed by atoms with Crippen LogP contribution in [0.5, 0.6) is 0 Å². The van der Waals surface area contributed by atoms with E-state index in [4.69, 9.17) is 15.0 Å². The first-order chi connectivity index (χ1) is 17.7. The van der Waals surface area contributed by atoms with Gasteiger partial charge in [0.05, 0.1) is 10.9 Å². The molecule has 5 rings (SSSR count). The van der Waals surface area contributed by atoms with Gasteiger partial charge in [-0.1, -0.05) is 5.16 Å². The monoisotopic (exact) mass is 543 g/mol. The van der Waals surface area contributed by atoms with E-state index in [1.165, 1.54) is 23.8 Å². The van der Waals surface area contributed by atoms with Gasteiger partial charge in [-0.15, -0.1) is 23.1 Å². The number of thioether (sulfide) groups is 1. The quantitative estimate of drug-likeness (QED) is 0.172. The average Bonchev–Trinajstić information content (AvgIpc) is 3.45. The number of aryl methyl sites for hydroxylation is 2. The molecule has 0 radical (unpaired) electrons. The fraction of sp³-hybridized carbons (Fsp3) is 0.304. The van der Waals surface area contributed by atoms with E-state index in [9.17, 15) is 19.5 Å². The number of furan rings is 1. The number of pyridine rings is 1. The second-order valence-electron chi connectivity index (χ2n) is 8.57. The Kier molecular flexibility index (Phi) is 6.37. The first-order valence-corrected chi connectivity index (χ1v) is 13.0. The zero-order chi connectivity index (χ0) is 26.4. The summed E-state index contributed by atoms with van der Waals surface area (Å²) in [6.45, 7) is 4.08. The Morgan fingerprint density at radius 2 is 2.19 bits per heavy atom. The van der Waals surface area contributed by atoms with E-state index in [0.717, 1.165) is 33.6 Å². The molecule has 2 aliphatic rings. The van der Waals surface area contributed by atoms with Crippen molar-refractivity contribution < 1.29 is 33.3 Å². The van der Waals surface area contributed by atoms with Crippen molar-refractivity contribution in [3.05, 3.63) is 52.1 Å². The molecule has 1 saturated heterocycles. The van der Waals surface area contributed by atoms with Gasteiger partial charge in [-0.3, -0.25) is 14.5 Å². The van der Waals surface area contributed by atoms with Crippen LogP contribution in [0.2, 0.25) is 0 Å². The molecular weight excluding hydrogens is 520 g/mol. The molecule has 3 aromatic heterocycles. The van der Waals surface area contributed by atoms with Crippen molar-refractivity contribution in [3.63, 3.8) is 0 Å². The Morgan fingerprint density at radius 1 is 1.41 bits per heavy atom. The van der Waals surface area contributed by atoms with Crippen LogP contribution in [0.15, 0.2) is 44.7 Å². The van der Waals surface area contributed by atoms with Gasteiger partial charge in [-0.25, -0.2) is 9.78 Å². The van der Waals surface area contributed by atoms with E-state index in [0.29, 0.717) is 17.9 Å². The van der Waals surface area contributed by atoms with Crippen molar-refractivity contribution in [1.82, 2.24) is 15.2 Å². The van der Waals surface area contributed by atoms with Gasteiger partial charge in [0.1, 0.15) is 41.3 Å². The minimum Gasteiger partial charge on any atom is -0.477 e. The summed E-state index contributed by atoms with van der Waals surface area (Å²) in [6, 6.07) is 0.996. The van der Waals surface area contributed by atoms with Crippen LogP contribution in [-0.4, -0.2) is 62.8 Å². The lowest BCUT2D eigenvalue weighted by atomic mass is 10.0. The number of nitrogens with one attached hydrogen (secondary N) is 1. The smallest absolute Gasteiger partial charge is 0.352 e. The molecule has 3 aromatic rings. The van der Waals surface area contributed by atoms with Crippen LogP contribution in [0.3, 0.4) is 0 Å². The molecular formula is C23H23N6O6S2+. The third-order valence-corrected chi connectivity index (χ3v) is 7.99. The summed E-state index contributed by atoms with van der Waals surface area (Å²) in [5, 5.41) is 18.5. The van der Waals surface area contributed by atoms with Gasteiger partial charge in [-0.2, -0.15) is 4.57 Å². The summed E-state index contributed by atoms with van der Waals surface area (Å²) in [6.07, 6.45) is 3.78. The van der Waals surface area contributed by atoms with Gasteiger partial charge < -0.3 is 25.4 Å². The minimum absolute atomic E-state index is 0.0640. The molecule has 14 heteroatoms. The number of oxime groups is 1. The predicted molar refractivity (Wildman–Crippen MR) is 136 cm³/mol. The molecule has 4 N–H and O–H groups in total. The third-order valence-electron chi connectivity index (χ3n) is 5.98. The number of carboxylic acid groups (broad SMARTS) is 1. The Hall–Kier alpha value is -3.91. The fourth-order valence-electron chi connectivity index (χ4n) is 4.48. The Bertz CT molecular complexity index is 1510. The Balaban J connectivity index is 1.37. The number of rotatable bonds is 7. The van der Waals surface area contributed by atoms with Crippen molar-refractivity contribution in [2.24, 2.45) is 5.16 Å². The maximum Gasteiger partial charge on any atom is 0.352 e. The highest BCUT2D eigenvalue weighted by Crippen LogP contribution is 2.40. The van der Waals surface area contributed by atoms with Crippen LogP contribution < -0.4 is 15.6 Å². The number of hydrogen-bond donors (Lipinski definition) is 3. The zero-order valence-electron chi connectivity index (χ0n) is 20.0. The van der Waals surface area contributed by atoms with Gasteiger partial charge in [0, 0.05) is 16.7 Å². The summed E-state index contributed by atoms with van der Waals surface area (Å²) in [4.78, 5) is 48.3. The van der Waals surface area contributed by atoms with Crippen LogP contribution in [-0.2, 0) is 25.8 Å². The maximum atomic E-state index is 13.1. The van der Waals surface area contributed by atoms with E-state index in [1.54, 1.807) is 5.38 Å². The van der Waals surface area contributed by atoms with Gasteiger partial charge in [0.2, 0.25) is 0 Å². The highest BCUT2D eigenvalue weighted by Gasteiger charge is 2.54. The van der Waals surface area contributed by atoms with Gasteiger partial charge >= 0.3 is 5.97 Å². The SMILES string of the molecule is CO/N=C(\C(=O)NC1C(=O)N2C(C(=O)O)=C(C[n+]3cc(C)c4oc(C)cc4c3)CS[C@H]12)c1csc(N)n1. The van der Waals surface area contributed by atoms with Crippen molar-refractivity contribution in [1.29, 1.82) is 0 Å². The van der Waals surface area contributed by atoms with Crippen molar-refractivity contribution in [2.45, 2.75) is 31.8 Å². The van der Waals surface area contributed by atoms with Crippen LogP contribution in [0.1, 0.15) is 17.0 Å². The summed E-state index contributed by atoms with van der Waals surface area (Å²) in [5.41, 5.74) is 7.98. The molecule has 2 atom stereocenters. The number of carboxylic acids is 1. The van der Waals surface area contributed by atoms with Gasteiger partial charge in [0.25, 0.3) is 11.8 Å². The normalized spacial score (nSPS) is 19.6. The molecule has 192 valence electrons. The van der Waals surface area contributed by atoms with Crippen LogP contribution >= 0.6 is 23.1 Å². The second kappa shape index (κ2) is 9.52. The molecule has 1 unspecified atom stereocenters. The number of amides is 2. The highest BCUT2D eigenvalue weighted by molar-refractivity contribution is 8.00. The average molecular weight is 544 g/mol. The molecule has 0 aliphatic carbocycles. The molecule has 0 bridgehead atoms. The number of β-lactam (4-membered cyclic amide) rings is 1. The Labute approximate surface area is 218 Å². The van der Waals surface area contributed by atoms with E-state index in [1.807, 2.05) is 36.9 Å². The predicted octanol–water partition coefficient (Wildman–Crippen LogP) is 1.17. The fourth-order valence-corrected chi connectivity index (χ4v) is 6.36. The van der Waals surface area contributed by atoms with Gasteiger partial charge in [-0.05, 0) is 19.9 Å². The van der Waals surface area contributed by atoms with E-state index in [2.05, 4.69) is 15.5 Å². The number of aliphatic carboxylic acids is 1. The first kappa shape index (κ1) is 24.8. The maximum absolute atomic E-state index is 13.1. The minimum atomic E-state index is -1.20. The standard InChI is InChI=1S/C23H22N6O6S2/c1-10-5-28(6-12-4-11(2)35-18(10)12)7-13-8-36-21-16(20(31)29(21)17(13)22(32)33)26-19(30)15(27-34-3)14-9-37-23(24)25-14/h4-6,9,16,21H,7-8H2,1-3H3,(H3-,24,25,26,30,32,33)/p+1/b27-15-/t16?,21-/m1/s1. The lowest BCUT2D eigenvalue weighted by Gasteiger charge is -2.49. The van der Waals surface area contributed by atoms with E-state index >= 15 is 0 Å². The molecule has 1 fully saturated rings. The number of carbonyl (C=O) groups excluding carboxylic acids is 2. The van der Waals surface area contributed by atoms with Crippen LogP contribution in [0.4, 0.5) is 5.13 Å². The zero-order valence-corrected chi connectivity index (χ0v) is 21.7. The number of carbonyl (C=O) groups is 3. The van der Waals surface area contributed by atoms with Gasteiger partial charge in [0.15, 0.2) is 29.8 Å². The number of nitrogen functional groups attached to an aromatic ring is 1. The molecule has 2 amide bonds. The van der Waals surface area contributed by atoms with E-state index in [-0.39, 0.29) is 22.2 Å². The molecule has 12 nitrogen and oxygen atoms in total. The van der Waals surface area contributed by atoms with Crippen LogP contribution in [0, 0.1) is 13.8 Å². The highest BCUT2D eigenvalue weighted by atomic mass is 32.2. The summed E-state index contributed by atoms with van der Waals surface area (Å²) >= 11 is 2.52. The number of hydrogen-bond acceptors (Lipinski definition) is 10. The van der Waals surface area contributed by atoms with Crippen molar-refractivity contribution in [3.8, 4) is 0 Å². The number of nitrogens with two attached hydrogens (primary N) is 1. The molecule has 0 spiro atoms. The summed E-state index contributed by atoms with van der Waals surface area (Å²) in [5.74, 6) is -1.23. The van der Waals surface area contributed by atoms with Crippen molar-refractivity contribution in [2.75, 3.05) is 18.6 Å². The Morgan fingerprint density at radius 3 is 2.86 bits per heavy atom. The molecule has 0 saturated carbocycles. The van der Waals surface area contributed by atoms with E-state index < -0.39 is 29.2 Å². The topological polar surface area (TPSA) is 164 Å². The first-order valence-electron chi connectivity index (χ1n) is 11.1. The third kappa shape index (κ3) is 4.42. The molecule has 37 heavy (non-hydrogen) atoms. The number of anilines is 1. The molecule has 5 heterocycles. The number of nitrogens with zero attached hydrogens (tertiary/aromatic N) is 4. The molecule has 2 aliphatic heterocycles. The second-order valence-corrected chi connectivity index (χ2v) is 10.6. The number of aromatic nitrogens is 2. The lowest BCUT2D eigenvalue weighted by molar-refractivity contribution is -0.688.